The Morgan fingerprint density at radius 1 is 1.08 bits per heavy atom. The molecule has 26 heavy (non-hydrogen) atoms. The third kappa shape index (κ3) is 4.25. The summed E-state index contributed by atoms with van der Waals surface area (Å²) in [5.74, 6) is -0.309. The summed E-state index contributed by atoms with van der Waals surface area (Å²) < 4.78 is 33.8. The van der Waals surface area contributed by atoms with Crippen LogP contribution in [0.3, 0.4) is 0 Å². The molecule has 3 aromatic rings. The Kier molecular flexibility index (Phi) is 5.33. The Hall–Kier alpha value is -2.33. The molecular formula is C18H15IN2O4S. The quantitative estimate of drug-likeness (QED) is 0.533. The van der Waals surface area contributed by atoms with E-state index in [2.05, 4.69) is 32.6 Å². The molecule has 1 aromatic heterocycles. The predicted molar refractivity (Wildman–Crippen MR) is 108 cm³/mol. The molecule has 0 bridgehead atoms. The van der Waals surface area contributed by atoms with E-state index < -0.39 is 15.9 Å². The monoisotopic (exact) mass is 482 g/mol. The van der Waals surface area contributed by atoms with Crippen LogP contribution in [0.1, 0.15) is 16.1 Å². The molecule has 0 aliphatic rings. The summed E-state index contributed by atoms with van der Waals surface area (Å²) in [5.41, 5.74) is 1.81. The normalized spacial score (nSPS) is 11.2. The first-order valence-electron chi connectivity index (χ1n) is 7.59. The predicted octanol–water partition coefficient (Wildman–Crippen LogP) is 4.25. The minimum Gasteiger partial charge on any atom is -0.459 e. The fourth-order valence-electron chi connectivity index (χ4n) is 2.26. The number of aryl methyl sites for hydroxylation is 1. The molecule has 3 rings (SSSR count). The fraction of sp³-hybridized carbons (Fsp3) is 0.0556. The molecule has 0 aliphatic heterocycles. The summed E-state index contributed by atoms with van der Waals surface area (Å²) in [5, 5.41) is 2.61. The fourth-order valence-corrected chi connectivity index (χ4v) is 4.03. The van der Waals surface area contributed by atoms with E-state index in [9.17, 15) is 13.2 Å². The average molecular weight is 482 g/mol. The van der Waals surface area contributed by atoms with Crippen LogP contribution in [0.2, 0.25) is 0 Å². The van der Waals surface area contributed by atoms with Gasteiger partial charge in [0, 0.05) is 9.26 Å². The second kappa shape index (κ2) is 7.50. The summed E-state index contributed by atoms with van der Waals surface area (Å²) in [6.07, 6.45) is 1.39. The Bertz CT molecular complexity index is 1050. The molecule has 0 atom stereocenters. The molecule has 6 nitrogen and oxygen atoms in total. The molecular weight excluding hydrogens is 467 g/mol. The van der Waals surface area contributed by atoms with E-state index in [-0.39, 0.29) is 10.7 Å². The number of halogens is 1. The second-order valence-electron chi connectivity index (χ2n) is 5.55. The second-order valence-corrected chi connectivity index (χ2v) is 8.39. The van der Waals surface area contributed by atoms with Crippen molar-refractivity contribution < 1.29 is 17.6 Å². The molecule has 0 aliphatic carbocycles. The van der Waals surface area contributed by atoms with Gasteiger partial charge in [0.1, 0.15) is 0 Å². The van der Waals surface area contributed by atoms with Crippen LogP contribution in [0.4, 0.5) is 11.4 Å². The van der Waals surface area contributed by atoms with E-state index in [1.54, 1.807) is 24.3 Å². The van der Waals surface area contributed by atoms with E-state index in [0.29, 0.717) is 11.4 Å². The molecule has 0 radical (unpaired) electrons. The van der Waals surface area contributed by atoms with Crippen LogP contribution in [-0.4, -0.2) is 14.3 Å². The lowest BCUT2D eigenvalue weighted by molar-refractivity contribution is 0.0996. The van der Waals surface area contributed by atoms with Gasteiger partial charge in [-0.15, -0.1) is 0 Å². The van der Waals surface area contributed by atoms with Crippen LogP contribution in [0.15, 0.2) is 70.2 Å². The van der Waals surface area contributed by atoms with Gasteiger partial charge in [-0.1, -0.05) is 12.1 Å². The third-order valence-corrected chi connectivity index (χ3v) is 5.82. The van der Waals surface area contributed by atoms with Crippen LogP contribution in [-0.2, 0) is 10.0 Å². The van der Waals surface area contributed by atoms with Crippen molar-refractivity contribution in [3.63, 3.8) is 0 Å². The zero-order valence-electron chi connectivity index (χ0n) is 13.7. The Labute approximate surface area is 164 Å². The van der Waals surface area contributed by atoms with Gasteiger partial charge in [-0.05, 0) is 77.5 Å². The zero-order chi connectivity index (χ0) is 18.7. The average Bonchev–Trinajstić information content (AvgIpc) is 3.13. The number of furan rings is 1. The molecule has 8 heteroatoms. The number of hydrogen-bond acceptors (Lipinski definition) is 4. The van der Waals surface area contributed by atoms with Crippen LogP contribution >= 0.6 is 22.6 Å². The van der Waals surface area contributed by atoms with Crippen molar-refractivity contribution in [1.82, 2.24) is 0 Å². The molecule has 2 aromatic carbocycles. The lowest BCUT2D eigenvalue weighted by Gasteiger charge is -2.12. The topological polar surface area (TPSA) is 88.4 Å². The summed E-state index contributed by atoms with van der Waals surface area (Å²) in [6, 6.07) is 14.7. The number of carbonyl (C=O) groups is 1. The van der Waals surface area contributed by atoms with Crippen molar-refractivity contribution in [3.8, 4) is 0 Å². The number of anilines is 2. The van der Waals surface area contributed by atoms with Crippen LogP contribution in [0, 0.1) is 10.5 Å². The van der Waals surface area contributed by atoms with Gasteiger partial charge in [0.05, 0.1) is 16.8 Å². The highest BCUT2D eigenvalue weighted by molar-refractivity contribution is 14.1. The minimum absolute atomic E-state index is 0.0482. The van der Waals surface area contributed by atoms with Gasteiger partial charge >= 0.3 is 0 Å². The van der Waals surface area contributed by atoms with Gasteiger partial charge in [-0.3, -0.25) is 9.52 Å². The molecule has 134 valence electrons. The number of benzene rings is 2. The van der Waals surface area contributed by atoms with Crippen molar-refractivity contribution in [1.29, 1.82) is 0 Å². The molecule has 2 N–H and O–H groups in total. The summed E-state index contributed by atoms with van der Waals surface area (Å²) in [6.45, 7) is 1.89. The van der Waals surface area contributed by atoms with Crippen LogP contribution in [0.5, 0.6) is 0 Å². The molecule has 0 saturated heterocycles. The molecule has 0 fully saturated rings. The van der Waals surface area contributed by atoms with Crippen molar-refractivity contribution in [2.75, 3.05) is 10.0 Å². The number of sulfonamides is 1. The smallest absolute Gasteiger partial charge is 0.291 e. The van der Waals surface area contributed by atoms with Gasteiger partial charge in [-0.25, -0.2) is 8.42 Å². The van der Waals surface area contributed by atoms with E-state index in [4.69, 9.17) is 4.42 Å². The van der Waals surface area contributed by atoms with E-state index in [1.165, 1.54) is 24.5 Å². The molecule has 0 saturated carbocycles. The number of hydrogen-bond donors (Lipinski definition) is 2. The van der Waals surface area contributed by atoms with Gasteiger partial charge in [0.25, 0.3) is 15.9 Å². The number of rotatable bonds is 5. The highest BCUT2D eigenvalue weighted by Gasteiger charge is 2.17. The van der Waals surface area contributed by atoms with E-state index >= 15 is 0 Å². The lowest BCUT2D eigenvalue weighted by Crippen LogP contribution is -2.15. The standard InChI is InChI=1S/C18H15IN2O4S/c1-12-7-8-15(19)16(10-12)21-26(23,24)14-5-2-4-13(11-14)20-18(22)17-6-3-9-25-17/h2-11,21H,1H3,(H,20,22). The molecule has 0 spiro atoms. The largest absolute Gasteiger partial charge is 0.459 e. The summed E-state index contributed by atoms with van der Waals surface area (Å²) in [4.78, 5) is 12.1. The minimum atomic E-state index is -3.79. The first-order valence-corrected chi connectivity index (χ1v) is 10.2. The highest BCUT2D eigenvalue weighted by atomic mass is 127. The number of carbonyl (C=O) groups excluding carboxylic acids is 1. The molecule has 1 amide bonds. The zero-order valence-corrected chi connectivity index (χ0v) is 16.7. The maximum absolute atomic E-state index is 12.7. The Balaban J connectivity index is 1.84. The van der Waals surface area contributed by atoms with Crippen molar-refractivity contribution in [2.45, 2.75) is 11.8 Å². The van der Waals surface area contributed by atoms with Gasteiger partial charge in [0.2, 0.25) is 0 Å². The van der Waals surface area contributed by atoms with Gasteiger partial charge in [0.15, 0.2) is 5.76 Å². The van der Waals surface area contributed by atoms with Crippen molar-refractivity contribution in [3.05, 3.63) is 75.8 Å². The summed E-state index contributed by atoms with van der Waals surface area (Å²) >= 11 is 2.07. The van der Waals surface area contributed by atoms with Crippen LogP contribution < -0.4 is 10.0 Å². The SMILES string of the molecule is Cc1ccc(I)c(NS(=O)(=O)c2cccc(NC(=O)c3ccco3)c2)c1. The van der Waals surface area contributed by atoms with Gasteiger partial charge in [-0.2, -0.15) is 0 Å². The van der Waals surface area contributed by atoms with Crippen LogP contribution in [0.25, 0.3) is 0 Å². The number of amides is 1. The first kappa shape index (κ1) is 18.5. The first-order chi connectivity index (χ1) is 12.3. The van der Waals surface area contributed by atoms with Gasteiger partial charge < -0.3 is 9.73 Å². The Morgan fingerprint density at radius 2 is 1.88 bits per heavy atom. The maximum Gasteiger partial charge on any atom is 0.291 e. The van der Waals surface area contributed by atoms with Crippen molar-refractivity contribution >= 4 is 49.9 Å². The number of nitrogens with one attached hydrogen (secondary N) is 2. The lowest BCUT2D eigenvalue weighted by atomic mass is 10.2. The summed E-state index contributed by atoms with van der Waals surface area (Å²) in [7, 11) is -3.79. The van der Waals surface area contributed by atoms with E-state index in [1.807, 2.05) is 19.1 Å². The van der Waals surface area contributed by atoms with Crippen molar-refractivity contribution in [2.24, 2.45) is 0 Å². The maximum atomic E-state index is 12.7. The molecule has 0 unspecified atom stereocenters. The highest BCUT2D eigenvalue weighted by Crippen LogP contribution is 2.24. The van der Waals surface area contributed by atoms with E-state index in [0.717, 1.165) is 9.13 Å². The third-order valence-electron chi connectivity index (χ3n) is 3.51. The Morgan fingerprint density at radius 3 is 2.62 bits per heavy atom. The molecule has 1 heterocycles.